The molecule has 1 N–H and O–H groups in total. The van der Waals surface area contributed by atoms with Gasteiger partial charge in [-0.05, 0) is 37.4 Å². The Labute approximate surface area is 252 Å². The summed E-state index contributed by atoms with van der Waals surface area (Å²) in [7, 11) is 2.08. The van der Waals surface area contributed by atoms with Crippen LogP contribution in [0.5, 0.6) is 0 Å². The number of amides is 1. The van der Waals surface area contributed by atoms with Crippen LogP contribution in [0, 0.1) is 0 Å². The lowest BCUT2D eigenvalue weighted by Crippen LogP contribution is -2.47. The maximum absolute atomic E-state index is 12.9. The van der Waals surface area contributed by atoms with Gasteiger partial charge in [0.1, 0.15) is 23.9 Å². The highest BCUT2D eigenvalue weighted by molar-refractivity contribution is 5.94. The number of aromatic nitrogens is 2. The number of oxazole rings is 1. The van der Waals surface area contributed by atoms with Crippen LogP contribution in [0.3, 0.4) is 0 Å². The van der Waals surface area contributed by atoms with E-state index in [1.165, 1.54) is 51.9 Å². The number of carbonyl (C=O) groups excluding carboxylic acids is 2. The average Bonchev–Trinajstić information content (AvgIpc) is 3.62. The van der Waals surface area contributed by atoms with Gasteiger partial charge in [-0.25, -0.2) is 4.98 Å². The molecule has 2 aromatic heterocycles. The number of nitrogens with one attached hydrogen (secondary N) is 1. The highest BCUT2D eigenvalue weighted by Gasteiger charge is 2.25. The van der Waals surface area contributed by atoms with E-state index in [0.29, 0.717) is 17.5 Å². The molecule has 0 unspecified atom stereocenters. The summed E-state index contributed by atoms with van der Waals surface area (Å²) in [6, 6.07) is 1.96. The number of aromatic amines is 1. The molecule has 1 amide bonds. The zero-order valence-corrected chi connectivity index (χ0v) is 28.7. The van der Waals surface area contributed by atoms with Crippen LogP contribution in [0.2, 0.25) is 0 Å². The monoisotopic (exact) mass is 576 g/mol. The molecule has 3 heterocycles. The second kappa shape index (κ2) is 25.3. The normalized spacial score (nSPS) is 12.7. The highest BCUT2D eigenvalue weighted by atomic mass is 16.3. The minimum atomic E-state index is 0.0527. The summed E-state index contributed by atoms with van der Waals surface area (Å²) in [5.74, 6) is 1.19. The summed E-state index contributed by atoms with van der Waals surface area (Å²) in [5.41, 5.74) is 3.42. The summed E-state index contributed by atoms with van der Waals surface area (Å²) in [6.45, 7) is 26.3. The summed E-state index contributed by atoms with van der Waals surface area (Å²) < 4.78 is 5.68. The standard InChI is InChI=1S/C19H28N4O2.C6H14.C4H10.C3H8.C2H4O/c1-12(2)14-10-15(19(24)23-8-6-22(5)7-9-23)20-17(14)18-21-16(11-25-18)13(3)4;1-3-5-6-4-2;1-3-4-2;1-3-2;1-2-3/h10-13,20H,6-9H2,1-5H3;3-6H2,1-2H3;3-4H2,1-2H3;3H2,1-2H3;2H,1H3. The topological polar surface area (TPSA) is 82.4 Å². The number of rotatable bonds is 8. The van der Waals surface area contributed by atoms with Crippen molar-refractivity contribution in [3.63, 3.8) is 0 Å². The van der Waals surface area contributed by atoms with Gasteiger partial charge in [0.25, 0.3) is 5.91 Å². The Balaban J connectivity index is 0. The molecule has 238 valence electrons. The third-order valence-electron chi connectivity index (χ3n) is 6.28. The fraction of sp³-hybridized carbons (Fsp3) is 0.735. The van der Waals surface area contributed by atoms with Crippen LogP contribution in [0.15, 0.2) is 16.7 Å². The molecule has 1 aliphatic heterocycles. The fourth-order valence-corrected chi connectivity index (χ4v) is 3.56. The predicted octanol–water partition coefficient (Wildman–Crippen LogP) is 9.32. The number of likely N-dealkylation sites (N-methyl/N-ethyl adjacent to an activating group) is 1. The van der Waals surface area contributed by atoms with Crippen LogP contribution in [0.25, 0.3) is 11.6 Å². The Bertz CT molecular complexity index is 888. The Hall–Kier alpha value is -2.41. The molecule has 0 spiro atoms. The SMILES string of the molecule is CC(C)c1coc(-c2[nH]c(C(=O)N3CCN(C)CC3)cc2C(C)C)n1.CC=O.CCC.CCCC.CCCCCC. The van der Waals surface area contributed by atoms with Gasteiger partial charge in [0, 0.05) is 26.2 Å². The van der Waals surface area contributed by atoms with Crippen LogP contribution in [-0.4, -0.2) is 65.2 Å². The van der Waals surface area contributed by atoms with Crippen LogP contribution in [-0.2, 0) is 4.79 Å². The van der Waals surface area contributed by atoms with Gasteiger partial charge in [0.05, 0.1) is 5.69 Å². The second-order valence-electron chi connectivity index (χ2n) is 11.1. The minimum absolute atomic E-state index is 0.0527. The van der Waals surface area contributed by atoms with Crippen molar-refractivity contribution < 1.29 is 14.0 Å². The zero-order chi connectivity index (χ0) is 31.8. The van der Waals surface area contributed by atoms with Gasteiger partial charge in [-0.1, -0.05) is 114 Å². The van der Waals surface area contributed by atoms with E-state index in [2.05, 4.69) is 91.2 Å². The number of H-pyrrole nitrogens is 1. The average molecular weight is 577 g/mol. The molecule has 3 rings (SSSR count). The van der Waals surface area contributed by atoms with Crippen molar-refractivity contribution in [2.24, 2.45) is 0 Å². The first kappa shape index (κ1) is 40.7. The van der Waals surface area contributed by atoms with Crippen LogP contribution >= 0.6 is 0 Å². The van der Waals surface area contributed by atoms with Crippen molar-refractivity contribution in [3.05, 3.63) is 29.3 Å². The summed E-state index contributed by atoms with van der Waals surface area (Å²) in [5, 5.41) is 0. The van der Waals surface area contributed by atoms with E-state index in [4.69, 9.17) is 9.21 Å². The van der Waals surface area contributed by atoms with E-state index >= 15 is 0 Å². The molecule has 0 radical (unpaired) electrons. The molecule has 41 heavy (non-hydrogen) atoms. The van der Waals surface area contributed by atoms with E-state index in [1.54, 1.807) is 6.26 Å². The van der Waals surface area contributed by atoms with E-state index in [1.807, 2.05) is 11.0 Å². The molecule has 1 saturated heterocycles. The second-order valence-corrected chi connectivity index (χ2v) is 11.1. The van der Waals surface area contributed by atoms with Gasteiger partial charge in [0.15, 0.2) is 0 Å². The molecular formula is C34H64N4O3. The third-order valence-corrected chi connectivity index (χ3v) is 6.28. The molecule has 2 aromatic rings. The van der Waals surface area contributed by atoms with Crippen molar-refractivity contribution >= 4 is 12.2 Å². The molecule has 0 aliphatic carbocycles. The molecule has 0 aromatic carbocycles. The number of carbonyl (C=O) groups is 2. The molecule has 7 nitrogen and oxygen atoms in total. The fourth-order valence-electron chi connectivity index (χ4n) is 3.56. The first-order valence-electron chi connectivity index (χ1n) is 16.1. The Morgan fingerprint density at radius 2 is 1.41 bits per heavy atom. The van der Waals surface area contributed by atoms with Crippen molar-refractivity contribution in [2.75, 3.05) is 33.2 Å². The molecule has 0 bridgehead atoms. The minimum Gasteiger partial charge on any atom is -0.443 e. The van der Waals surface area contributed by atoms with Gasteiger partial charge in [-0.2, -0.15) is 0 Å². The summed E-state index contributed by atoms with van der Waals surface area (Å²) in [4.78, 5) is 33.7. The van der Waals surface area contributed by atoms with Gasteiger partial charge in [-0.15, -0.1) is 0 Å². The van der Waals surface area contributed by atoms with Crippen LogP contribution < -0.4 is 0 Å². The molecule has 0 atom stereocenters. The maximum atomic E-state index is 12.9. The number of nitrogens with zero attached hydrogens (tertiary/aromatic N) is 3. The van der Waals surface area contributed by atoms with Gasteiger partial charge in [-0.3, -0.25) is 4.79 Å². The number of hydrogen-bond acceptors (Lipinski definition) is 5. The zero-order valence-electron chi connectivity index (χ0n) is 28.7. The molecule has 0 saturated carbocycles. The van der Waals surface area contributed by atoms with Gasteiger partial charge >= 0.3 is 0 Å². The lowest BCUT2D eigenvalue weighted by atomic mass is 10.0. The molecule has 7 heteroatoms. The van der Waals surface area contributed by atoms with Crippen LogP contribution in [0.4, 0.5) is 0 Å². The molecule has 1 fully saturated rings. The summed E-state index contributed by atoms with van der Waals surface area (Å²) in [6.07, 6.45) is 11.9. The van der Waals surface area contributed by atoms with Crippen LogP contribution in [0.1, 0.15) is 155 Å². The maximum Gasteiger partial charge on any atom is 0.270 e. The molecular weight excluding hydrogens is 512 g/mol. The Morgan fingerprint density at radius 1 is 0.927 bits per heavy atom. The largest absolute Gasteiger partial charge is 0.443 e. The quantitative estimate of drug-likeness (QED) is 0.250. The van der Waals surface area contributed by atoms with Crippen molar-refractivity contribution in [1.29, 1.82) is 0 Å². The van der Waals surface area contributed by atoms with E-state index < -0.39 is 0 Å². The number of piperazine rings is 1. The smallest absolute Gasteiger partial charge is 0.270 e. The third kappa shape index (κ3) is 17.2. The predicted molar refractivity (Wildman–Crippen MR) is 176 cm³/mol. The summed E-state index contributed by atoms with van der Waals surface area (Å²) >= 11 is 0. The lowest BCUT2D eigenvalue weighted by Gasteiger charge is -2.32. The van der Waals surface area contributed by atoms with Gasteiger partial charge in [0.2, 0.25) is 5.89 Å². The van der Waals surface area contributed by atoms with Crippen molar-refractivity contribution in [1.82, 2.24) is 19.8 Å². The number of hydrogen-bond donors (Lipinski definition) is 1. The van der Waals surface area contributed by atoms with Gasteiger partial charge < -0.3 is 24.0 Å². The van der Waals surface area contributed by atoms with E-state index in [9.17, 15) is 4.79 Å². The first-order valence-corrected chi connectivity index (χ1v) is 16.1. The van der Waals surface area contributed by atoms with Crippen molar-refractivity contribution in [3.8, 4) is 11.6 Å². The van der Waals surface area contributed by atoms with E-state index in [0.717, 1.165) is 49.4 Å². The Kier molecular flexibility index (Phi) is 25.1. The number of unbranched alkanes of at least 4 members (excludes halogenated alkanes) is 4. The Morgan fingerprint density at radius 3 is 1.78 bits per heavy atom. The molecule has 1 aliphatic rings. The van der Waals surface area contributed by atoms with Crippen molar-refractivity contribution in [2.45, 2.75) is 133 Å². The highest BCUT2D eigenvalue weighted by Crippen LogP contribution is 2.30. The lowest BCUT2D eigenvalue weighted by molar-refractivity contribution is -0.106. The first-order chi connectivity index (χ1) is 19.5. The van der Waals surface area contributed by atoms with E-state index in [-0.39, 0.29) is 11.8 Å². The number of aldehydes is 1.